The van der Waals surface area contributed by atoms with Crippen molar-refractivity contribution in [1.82, 2.24) is 30.0 Å². The molecule has 13 heteroatoms. The van der Waals surface area contributed by atoms with E-state index >= 15 is 0 Å². The topological polar surface area (TPSA) is 128 Å². The van der Waals surface area contributed by atoms with Gasteiger partial charge < -0.3 is 19.5 Å². The average molecular weight is 501 g/mol. The zero-order valence-electron chi connectivity index (χ0n) is 19.6. The van der Waals surface area contributed by atoms with E-state index in [9.17, 15) is 18.4 Å². The number of nitrogens with one attached hydrogen (secondary N) is 1. The van der Waals surface area contributed by atoms with Crippen LogP contribution in [-0.2, 0) is 4.74 Å². The van der Waals surface area contributed by atoms with Crippen LogP contribution in [0.2, 0.25) is 0 Å². The summed E-state index contributed by atoms with van der Waals surface area (Å²) in [6.07, 6.45) is -0.0625. The number of benzene rings is 1. The van der Waals surface area contributed by atoms with E-state index < -0.39 is 29.8 Å². The molecule has 0 bridgehead atoms. The Morgan fingerprint density at radius 2 is 2.00 bits per heavy atom. The minimum absolute atomic E-state index is 0.0430. The number of likely N-dealkylation sites (tertiary alicyclic amines) is 1. The summed E-state index contributed by atoms with van der Waals surface area (Å²) in [5.74, 6) is 0.531. The molecule has 1 N–H and O–H groups in total. The van der Waals surface area contributed by atoms with Crippen molar-refractivity contribution in [2.45, 2.75) is 51.0 Å². The van der Waals surface area contributed by atoms with Crippen LogP contribution < -0.4 is 5.32 Å². The van der Waals surface area contributed by atoms with Gasteiger partial charge in [0.25, 0.3) is 6.43 Å². The minimum atomic E-state index is -2.94. The Bertz CT molecular complexity index is 1250. The maximum atomic E-state index is 13.7. The highest BCUT2D eigenvalue weighted by molar-refractivity contribution is 5.90. The molecule has 1 aliphatic carbocycles. The van der Waals surface area contributed by atoms with Gasteiger partial charge in [0.05, 0.1) is 12.6 Å². The molecule has 0 unspecified atom stereocenters. The fourth-order valence-corrected chi connectivity index (χ4v) is 4.22. The first-order valence-corrected chi connectivity index (χ1v) is 11.8. The molecule has 190 valence electrons. The Hall–Kier alpha value is -3.90. The lowest BCUT2D eigenvalue weighted by Gasteiger charge is -2.32. The first-order chi connectivity index (χ1) is 17.4. The molecular weight excluding hydrogens is 476 g/mol. The van der Waals surface area contributed by atoms with Crippen molar-refractivity contribution in [3.8, 4) is 11.4 Å². The number of esters is 1. The fraction of sp³-hybridized carbons (Fsp3) is 0.478. The number of urea groups is 1. The summed E-state index contributed by atoms with van der Waals surface area (Å²) in [5.41, 5.74) is 0.273. The van der Waals surface area contributed by atoms with Gasteiger partial charge in [-0.25, -0.2) is 23.1 Å². The maximum absolute atomic E-state index is 13.7. The zero-order chi connectivity index (χ0) is 25.2. The molecule has 2 aromatic heterocycles. The summed E-state index contributed by atoms with van der Waals surface area (Å²) in [4.78, 5) is 30.9. The van der Waals surface area contributed by atoms with Crippen LogP contribution in [0.3, 0.4) is 0 Å². The lowest BCUT2D eigenvalue weighted by Crippen LogP contribution is -2.41. The van der Waals surface area contributed by atoms with Crippen LogP contribution in [0.25, 0.3) is 11.4 Å². The molecule has 1 saturated carbocycles. The number of hydrogen-bond acceptors (Lipinski definition) is 8. The van der Waals surface area contributed by atoms with Gasteiger partial charge in [0.2, 0.25) is 11.7 Å². The molecule has 0 spiro atoms. The molecule has 3 aromatic rings. The third-order valence-electron chi connectivity index (χ3n) is 6.24. The molecule has 2 fully saturated rings. The predicted molar refractivity (Wildman–Crippen MR) is 122 cm³/mol. The van der Waals surface area contributed by atoms with E-state index in [1.807, 2.05) is 6.07 Å². The van der Waals surface area contributed by atoms with Gasteiger partial charge in [0.15, 0.2) is 5.69 Å². The first kappa shape index (κ1) is 23.8. The van der Waals surface area contributed by atoms with Crippen molar-refractivity contribution in [3.05, 3.63) is 41.5 Å². The van der Waals surface area contributed by atoms with E-state index in [0.717, 1.165) is 23.1 Å². The quantitative estimate of drug-likeness (QED) is 0.477. The summed E-state index contributed by atoms with van der Waals surface area (Å²) in [6.45, 7) is 2.27. The Labute approximate surface area is 204 Å². The monoisotopic (exact) mass is 501 g/mol. The minimum Gasteiger partial charge on any atom is -0.461 e. The molecule has 3 heterocycles. The van der Waals surface area contributed by atoms with Gasteiger partial charge in [0, 0.05) is 30.3 Å². The number of carbonyl (C=O) groups excluding carboxylic acids is 2. The van der Waals surface area contributed by atoms with Crippen molar-refractivity contribution in [3.63, 3.8) is 0 Å². The molecule has 1 saturated heterocycles. The van der Waals surface area contributed by atoms with Crippen LogP contribution in [0.5, 0.6) is 0 Å². The van der Waals surface area contributed by atoms with Crippen molar-refractivity contribution < 1.29 is 27.6 Å². The van der Waals surface area contributed by atoms with Gasteiger partial charge in [-0.2, -0.15) is 4.98 Å². The van der Waals surface area contributed by atoms with Gasteiger partial charge >= 0.3 is 12.0 Å². The van der Waals surface area contributed by atoms with E-state index in [1.165, 1.54) is 0 Å². The highest BCUT2D eigenvalue weighted by Gasteiger charge is 2.33. The van der Waals surface area contributed by atoms with Gasteiger partial charge in [-0.1, -0.05) is 22.5 Å². The number of nitrogens with zero attached hydrogens (tertiary/aromatic N) is 6. The van der Waals surface area contributed by atoms with Crippen LogP contribution >= 0.6 is 0 Å². The Morgan fingerprint density at radius 1 is 1.22 bits per heavy atom. The lowest BCUT2D eigenvalue weighted by atomic mass is 10.0. The SMILES string of the molecule is CCOC(=O)c1nnn(C2CCN(C(=O)Nc3cccc(-c4noc(C5CC5)n4)c3)CC2)c1C(F)F. The lowest BCUT2D eigenvalue weighted by molar-refractivity contribution is 0.0505. The van der Waals surface area contributed by atoms with E-state index in [-0.39, 0.29) is 12.6 Å². The molecule has 5 rings (SSSR count). The maximum Gasteiger partial charge on any atom is 0.361 e. The Morgan fingerprint density at radius 3 is 2.69 bits per heavy atom. The molecule has 1 aromatic carbocycles. The number of aromatic nitrogens is 5. The number of carbonyl (C=O) groups is 2. The zero-order valence-corrected chi connectivity index (χ0v) is 19.6. The standard InChI is InChI=1S/C23H25F2N7O4/c1-2-35-22(33)17-18(19(24)25)32(30-28-17)16-8-10-31(11-9-16)23(34)26-15-5-3-4-14(12-15)20-27-21(36-29-20)13-6-7-13/h3-5,12-13,16,19H,2,6-11H2,1H3,(H,26,34). The second kappa shape index (κ2) is 9.99. The smallest absolute Gasteiger partial charge is 0.361 e. The van der Waals surface area contributed by atoms with Crippen molar-refractivity contribution in [2.75, 3.05) is 25.0 Å². The molecule has 11 nitrogen and oxygen atoms in total. The molecule has 0 radical (unpaired) electrons. The number of halogens is 2. The van der Waals surface area contributed by atoms with Gasteiger partial charge in [0.1, 0.15) is 5.69 Å². The van der Waals surface area contributed by atoms with Crippen molar-refractivity contribution in [1.29, 1.82) is 0 Å². The van der Waals surface area contributed by atoms with E-state index in [4.69, 9.17) is 9.26 Å². The van der Waals surface area contributed by atoms with Gasteiger partial charge in [-0.15, -0.1) is 5.10 Å². The summed E-state index contributed by atoms with van der Waals surface area (Å²) in [5, 5.41) is 14.3. The van der Waals surface area contributed by atoms with Crippen LogP contribution in [0.4, 0.5) is 19.3 Å². The second-order valence-electron chi connectivity index (χ2n) is 8.75. The van der Waals surface area contributed by atoms with E-state index in [1.54, 1.807) is 30.0 Å². The van der Waals surface area contributed by atoms with Crippen LogP contribution in [0.15, 0.2) is 28.8 Å². The van der Waals surface area contributed by atoms with Gasteiger partial charge in [-0.05, 0) is 44.7 Å². The van der Waals surface area contributed by atoms with Gasteiger partial charge in [-0.3, -0.25) is 0 Å². The summed E-state index contributed by atoms with van der Waals surface area (Å²) >= 11 is 0. The van der Waals surface area contributed by atoms with Crippen molar-refractivity contribution in [2.24, 2.45) is 0 Å². The van der Waals surface area contributed by atoms with Crippen molar-refractivity contribution >= 4 is 17.7 Å². The average Bonchev–Trinajstić information content (AvgIpc) is 3.43. The van der Waals surface area contributed by atoms with Crippen LogP contribution in [0, 0.1) is 0 Å². The highest BCUT2D eigenvalue weighted by Crippen LogP contribution is 2.39. The molecule has 2 amide bonds. The van der Waals surface area contributed by atoms with Crippen LogP contribution in [0.1, 0.15) is 73.1 Å². The third kappa shape index (κ3) is 4.90. The number of alkyl halides is 2. The third-order valence-corrected chi connectivity index (χ3v) is 6.24. The normalized spacial score (nSPS) is 16.4. The number of rotatable bonds is 7. The summed E-state index contributed by atoms with van der Waals surface area (Å²) < 4.78 is 38.7. The fourth-order valence-electron chi connectivity index (χ4n) is 4.22. The highest BCUT2D eigenvalue weighted by atomic mass is 19.3. The van der Waals surface area contributed by atoms with E-state index in [0.29, 0.717) is 49.3 Å². The number of hydrogen-bond donors (Lipinski definition) is 1. The van der Waals surface area contributed by atoms with E-state index in [2.05, 4.69) is 25.8 Å². The molecule has 36 heavy (non-hydrogen) atoms. The van der Waals surface area contributed by atoms with Crippen LogP contribution in [-0.4, -0.2) is 61.7 Å². The predicted octanol–water partition coefficient (Wildman–Crippen LogP) is 4.19. The largest absolute Gasteiger partial charge is 0.461 e. The Kier molecular flexibility index (Phi) is 6.61. The number of piperidine rings is 1. The molecule has 2 aliphatic rings. The number of ether oxygens (including phenoxy) is 1. The molecule has 0 atom stereocenters. The molecular formula is C23H25F2N7O4. The second-order valence-corrected chi connectivity index (χ2v) is 8.75. The first-order valence-electron chi connectivity index (χ1n) is 11.8. The summed E-state index contributed by atoms with van der Waals surface area (Å²) in [6, 6.07) is 6.44. The summed E-state index contributed by atoms with van der Waals surface area (Å²) in [7, 11) is 0. The Balaban J connectivity index is 1.21. The molecule has 1 aliphatic heterocycles. The number of anilines is 1. The number of amides is 2.